The van der Waals surface area contributed by atoms with Gasteiger partial charge in [-0.25, -0.2) is 9.97 Å². The van der Waals surface area contributed by atoms with E-state index in [1.807, 2.05) is 0 Å². The second-order valence-corrected chi connectivity index (χ2v) is 6.16. The van der Waals surface area contributed by atoms with Gasteiger partial charge < -0.3 is 15.0 Å². The second kappa shape index (κ2) is 6.69. The molecule has 0 spiro atoms. The summed E-state index contributed by atoms with van der Waals surface area (Å²) >= 11 is 5.96. The summed E-state index contributed by atoms with van der Waals surface area (Å²) in [5.41, 5.74) is 1.55. The lowest BCUT2D eigenvalue weighted by atomic mass is 10.1. The lowest BCUT2D eigenvalue weighted by Crippen LogP contribution is -2.25. The van der Waals surface area contributed by atoms with Gasteiger partial charge in [-0.1, -0.05) is 11.6 Å². The molecule has 1 aromatic carbocycles. The highest BCUT2D eigenvalue weighted by Crippen LogP contribution is 2.37. The minimum atomic E-state index is -0.423. The fraction of sp³-hybridized carbons (Fsp3) is 0.0526. The van der Waals surface area contributed by atoms with E-state index in [2.05, 4.69) is 15.3 Å². The van der Waals surface area contributed by atoms with E-state index in [9.17, 15) is 9.59 Å². The number of halogens is 1. The Kier molecular flexibility index (Phi) is 4.21. The Morgan fingerprint density at radius 3 is 2.74 bits per heavy atom. The molecule has 3 heterocycles. The first-order chi connectivity index (χ1) is 13.0. The number of nitrogens with zero attached hydrogens (tertiary/aromatic N) is 3. The Balaban J connectivity index is 1.67. The number of pyridine rings is 2. The molecule has 1 N–H and O–H groups in total. The molecule has 0 radical (unpaired) electrons. The maximum atomic E-state index is 12.8. The van der Waals surface area contributed by atoms with Crippen molar-refractivity contribution in [3.63, 3.8) is 0 Å². The van der Waals surface area contributed by atoms with E-state index in [0.717, 1.165) is 0 Å². The summed E-state index contributed by atoms with van der Waals surface area (Å²) in [6.07, 6.45) is 3.09. The van der Waals surface area contributed by atoms with Gasteiger partial charge in [0.15, 0.2) is 0 Å². The lowest BCUT2D eigenvalue weighted by molar-refractivity contribution is 0.0990. The summed E-state index contributed by atoms with van der Waals surface area (Å²) in [5, 5.41) is 2.82. The smallest absolute Gasteiger partial charge is 0.262 e. The van der Waals surface area contributed by atoms with Gasteiger partial charge in [0.05, 0.1) is 11.1 Å². The molecular formula is C19H13ClN4O3. The molecule has 2 amide bonds. The summed E-state index contributed by atoms with van der Waals surface area (Å²) in [6, 6.07) is 11.5. The van der Waals surface area contributed by atoms with Crippen LogP contribution >= 0.6 is 11.6 Å². The summed E-state index contributed by atoms with van der Waals surface area (Å²) in [5.74, 6) is 0.00772. The van der Waals surface area contributed by atoms with Gasteiger partial charge in [0.2, 0.25) is 5.88 Å². The molecule has 27 heavy (non-hydrogen) atoms. The summed E-state index contributed by atoms with van der Waals surface area (Å²) in [7, 11) is 1.64. The van der Waals surface area contributed by atoms with Crippen LogP contribution in [0.1, 0.15) is 20.7 Å². The van der Waals surface area contributed by atoms with Crippen molar-refractivity contribution in [2.45, 2.75) is 0 Å². The zero-order valence-electron chi connectivity index (χ0n) is 14.1. The SMILES string of the molecule is CN1C(=O)c2cc(NC(=O)c3cccnc3Cl)ccc2Oc2ncccc21. The summed E-state index contributed by atoms with van der Waals surface area (Å²) in [4.78, 5) is 34.8. The number of benzene rings is 1. The van der Waals surface area contributed by atoms with E-state index in [1.54, 1.807) is 55.7 Å². The highest BCUT2D eigenvalue weighted by atomic mass is 35.5. The molecule has 0 atom stereocenters. The first-order valence-corrected chi connectivity index (χ1v) is 8.39. The molecule has 8 heteroatoms. The van der Waals surface area contributed by atoms with Crippen LogP contribution in [-0.4, -0.2) is 28.8 Å². The number of hydrogen-bond donors (Lipinski definition) is 1. The predicted molar refractivity (Wildman–Crippen MR) is 101 cm³/mol. The molecule has 4 rings (SSSR count). The van der Waals surface area contributed by atoms with Crippen LogP contribution in [0.2, 0.25) is 5.15 Å². The van der Waals surface area contributed by atoms with Gasteiger partial charge in [-0.05, 0) is 42.5 Å². The monoisotopic (exact) mass is 380 g/mol. The maximum Gasteiger partial charge on any atom is 0.262 e. The second-order valence-electron chi connectivity index (χ2n) is 5.80. The number of carbonyl (C=O) groups excluding carboxylic acids is 2. The van der Waals surface area contributed by atoms with Gasteiger partial charge in [0, 0.05) is 25.1 Å². The highest BCUT2D eigenvalue weighted by molar-refractivity contribution is 6.33. The van der Waals surface area contributed by atoms with Gasteiger partial charge >= 0.3 is 0 Å². The molecule has 0 fully saturated rings. The first kappa shape index (κ1) is 17.0. The first-order valence-electron chi connectivity index (χ1n) is 8.01. The van der Waals surface area contributed by atoms with Crippen LogP contribution in [0.5, 0.6) is 11.6 Å². The molecule has 2 aromatic heterocycles. The lowest BCUT2D eigenvalue weighted by Gasteiger charge is -2.15. The quantitative estimate of drug-likeness (QED) is 0.684. The maximum absolute atomic E-state index is 12.8. The van der Waals surface area contributed by atoms with E-state index in [-0.39, 0.29) is 16.6 Å². The van der Waals surface area contributed by atoms with Gasteiger partial charge in [0.25, 0.3) is 11.8 Å². The average molecular weight is 381 g/mol. The van der Waals surface area contributed by atoms with E-state index in [4.69, 9.17) is 16.3 Å². The number of nitrogens with one attached hydrogen (secondary N) is 1. The zero-order valence-corrected chi connectivity index (χ0v) is 14.9. The van der Waals surface area contributed by atoms with Gasteiger partial charge in [0.1, 0.15) is 16.6 Å². The Hall–Kier alpha value is -3.45. The number of carbonyl (C=O) groups is 2. The number of fused-ring (bicyclic) bond motifs is 2. The molecule has 1 aliphatic heterocycles. The standard InChI is InChI=1S/C19H13ClN4O3/c1-24-14-5-3-9-22-18(14)27-15-7-6-11(10-13(15)19(24)26)23-17(25)12-4-2-8-21-16(12)20/h2-10H,1H3,(H,23,25). The number of ether oxygens (including phenoxy) is 1. The van der Waals surface area contributed by atoms with Gasteiger partial charge in [-0.15, -0.1) is 0 Å². The summed E-state index contributed by atoms with van der Waals surface area (Å²) in [6.45, 7) is 0. The Bertz CT molecular complexity index is 1070. The molecule has 7 nitrogen and oxygen atoms in total. The van der Waals surface area contributed by atoms with Crippen molar-refractivity contribution in [3.8, 4) is 11.6 Å². The largest absolute Gasteiger partial charge is 0.436 e. The number of aromatic nitrogens is 2. The van der Waals surface area contributed by atoms with E-state index >= 15 is 0 Å². The Morgan fingerprint density at radius 2 is 1.93 bits per heavy atom. The van der Waals surface area contributed by atoms with Crippen LogP contribution in [0.15, 0.2) is 54.9 Å². The average Bonchev–Trinajstić information content (AvgIpc) is 2.78. The van der Waals surface area contributed by atoms with Crippen LogP contribution in [0.4, 0.5) is 11.4 Å². The Labute approximate surface area is 159 Å². The number of hydrogen-bond acceptors (Lipinski definition) is 5. The highest BCUT2D eigenvalue weighted by Gasteiger charge is 2.26. The molecule has 0 bridgehead atoms. The van der Waals surface area contributed by atoms with E-state index < -0.39 is 5.91 Å². The molecule has 0 saturated carbocycles. The topological polar surface area (TPSA) is 84.4 Å². The predicted octanol–water partition coefficient (Wildman–Crippen LogP) is 3.76. The molecule has 3 aromatic rings. The van der Waals surface area contributed by atoms with E-state index in [0.29, 0.717) is 28.6 Å². The van der Waals surface area contributed by atoms with Crippen molar-refractivity contribution in [3.05, 3.63) is 71.1 Å². The van der Waals surface area contributed by atoms with Crippen molar-refractivity contribution < 1.29 is 14.3 Å². The van der Waals surface area contributed by atoms with Crippen LogP contribution in [-0.2, 0) is 0 Å². The van der Waals surface area contributed by atoms with Crippen LogP contribution < -0.4 is 15.0 Å². The van der Waals surface area contributed by atoms with Crippen molar-refractivity contribution >= 4 is 34.8 Å². The molecule has 0 aliphatic carbocycles. The molecule has 0 saturated heterocycles. The minimum absolute atomic E-state index is 0.102. The third kappa shape index (κ3) is 3.09. The molecule has 1 aliphatic rings. The molecular weight excluding hydrogens is 368 g/mol. The summed E-state index contributed by atoms with van der Waals surface area (Å²) < 4.78 is 5.79. The van der Waals surface area contributed by atoms with Crippen LogP contribution in [0, 0.1) is 0 Å². The van der Waals surface area contributed by atoms with Crippen molar-refractivity contribution in [1.29, 1.82) is 0 Å². The van der Waals surface area contributed by atoms with Crippen LogP contribution in [0.25, 0.3) is 0 Å². The van der Waals surface area contributed by atoms with Crippen LogP contribution in [0.3, 0.4) is 0 Å². The van der Waals surface area contributed by atoms with Crippen molar-refractivity contribution in [2.24, 2.45) is 0 Å². The van der Waals surface area contributed by atoms with Gasteiger partial charge in [-0.3, -0.25) is 9.59 Å². The minimum Gasteiger partial charge on any atom is -0.436 e. The van der Waals surface area contributed by atoms with Gasteiger partial charge in [-0.2, -0.15) is 0 Å². The normalized spacial score (nSPS) is 12.5. The third-order valence-corrected chi connectivity index (χ3v) is 4.40. The fourth-order valence-corrected chi connectivity index (χ4v) is 2.93. The third-order valence-electron chi connectivity index (χ3n) is 4.10. The number of anilines is 2. The van der Waals surface area contributed by atoms with E-state index in [1.165, 1.54) is 11.1 Å². The molecule has 0 unspecified atom stereocenters. The Morgan fingerprint density at radius 1 is 1.15 bits per heavy atom. The van der Waals surface area contributed by atoms with Crippen molar-refractivity contribution in [1.82, 2.24) is 9.97 Å². The number of rotatable bonds is 2. The number of amides is 2. The van der Waals surface area contributed by atoms with Crippen molar-refractivity contribution in [2.75, 3.05) is 17.3 Å². The fourth-order valence-electron chi connectivity index (χ4n) is 2.73. The molecule has 134 valence electrons. The zero-order chi connectivity index (χ0) is 19.0.